The largest absolute Gasteiger partial charge is 0.403 e. The van der Waals surface area contributed by atoms with Crippen LogP contribution in [0.1, 0.15) is 13.8 Å². The molecule has 0 spiro atoms. The van der Waals surface area contributed by atoms with Gasteiger partial charge in [0.1, 0.15) is 0 Å². The van der Waals surface area contributed by atoms with Crippen molar-refractivity contribution in [1.29, 1.82) is 0 Å². The monoisotopic (exact) mass is 263 g/mol. The summed E-state index contributed by atoms with van der Waals surface area (Å²) in [5, 5.41) is 8.89. The first-order chi connectivity index (χ1) is 9.02. The molecule has 2 aromatic heterocycles. The van der Waals surface area contributed by atoms with Crippen molar-refractivity contribution >= 4 is 11.9 Å². The van der Waals surface area contributed by atoms with Gasteiger partial charge in [-0.15, -0.1) is 5.10 Å². The van der Waals surface area contributed by atoms with E-state index in [0.717, 1.165) is 0 Å². The lowest BCUT2D eigenvalue weighted by molar-refractivity contribution is 0.417. The number of nitrogens with zero attached hydrogens (tertiary/aromatic N) is 4. The molecule has 0 atom stereocenters. The van der Waals surface area contributed by atoms with E-state index in [2.05, 4.69) is 30.5 Å². The normalized spacial score (nSPS) is 10.5. The number of nitrogens with one attached hydrogen (secondary N) is 2. The molecule has 0 bridgehead atoms. The molecule has 4 N–H and O–H groups in total. The average molecular weight is 263 g/mol. The summed E-state index contributed by atoms with van der Waals surface area (Å²) >= 11 is 0. The minimum absolute atomic E-state index is 0.00445. The topological polar surface area (TPSA) is 132 Å². The van der Waals surface area contributed by atoms with E-state index < -0.39 is 0 Å². The van der Waals surface area contributed by atoms with Crippen LogP contribution in [0, 0.1) is 0 Å². The van der Waals surface area contributed by atoms with Gasteiger partial charge in [0, 0.05) is 18.2 Å². The Bertz CT molecular complexity index is 605. The Hall–Kier alpha value is -2.71. The maximum atomic E-state index is 10.9. The van der Waals surface area contributed by atoms with Gasteiger partial charge in [-0.2, -0.15) is 15.0 Å². The van der Waals surface area contributed by atoms with Crippen LogP contribution < -0.4 is 21.3 Å². The first kappa shape index (κ1) is 12.7. The Morgan fingerprint density at radius 2 is 2.11 bits per heavy atom. The number of nitrogens with two attached hydrogens (primary N) is 1. The molecule has 0 aliphatic rings. The molecule has 2 heterocycles. The van der Waals surface area contributed by atoms with Crippen LogP contribution in [0.4, 0.5) is 11.9 Å². The predicted molar refractivity (Wildman–Crippen MR) is 67.9 cm³/mol. The maximum absolute atomic E-state index is 10.9. The zero-order chi connectivity index (χ0) is 13.8. The van der Waals surface area contributed by atoms with Crippen molar-refractivity contribution < 1.29 is 4.74 Å². The molecular weight excluding hydrogens is 250 g/mol. The van der Waals surface area contributed by atoms with Gasteiger partial charge in [0.15, 0.2) is 0 Å². The molecule has 0 aliphatic heterocycles. The fraction of sp³-hybridized carbons (Fsp3) is 0.300. The maximum Gasteiger partial charge on any atom is 0.330 e. The van der Waals surface area contributed by atoms with Gasteiger partial charge < -0.3 is 15.8 Å². The summed E-state index contributed by atoms with van der Waals surface area (Å²) in [7, 11) is 0. The van der Waals surface area contributed by atoms with Gasteiger partial charge in [0.2, 0.25) is 17.8 Å². The number of aromatic amines is 1. The number of hydrogen-bond donors (Lipinski definition) is 3. The minimum atomic E-state index is -0.329. The Labute approximate surface area is 108 Å². The summed E-state index contributed by atoms with van der Waals surface area (Å²) in [6.45, 7) is 3.87. The van der Waals surface area contributed by atoms with E-state index in [9.17, 15) is 4.79 Å². The second kappa shape index (κ2) is 5.29. The lowest BCUT2D eigenvalue weighted by atomic mass is 10.4. The van der Waals surface area contributed by atoms with E-state index in [-0.39, 0.29) is 29.4 Å². The number of aromatic nitrogens is 5. The van der Waals surface area contributed by atoms with E-state index in [1.807, 2.05) is 13.8 Å². The second-order valence-corrected chi connectivity index (χ2v) is 3.96. The van der Waals surface area contributed by atoms with E-state index in [1.54, 1.807) is 0 Å². The molecule has 0 aliphatic carbocycles. The van der Waals surface area contributed by atoms with Crippen LogP contribution in [0.2, 0.25) is 0 Å². The number of ether oxygens (including phenoxy) is 1. The molecule has 0 unspecified atom stereocenters. The molecule has 9 heteroatoms. The highest BCUT2D eigenvalue weighted by Gasteiger charge is 2.08. The highest BCUT2D eigenvalue weighted by atomic mass is 16.5. The molecular formula is C10H13N7O2. The summed E-state index contributed by atoms with van der Waals surface area (Å²) in [4.78, 5) is 22.6. The number of nitrogen functional groups attached to an aromatic ring is 1. The number of rotatable bonds is 4. The van der Waals surface area contributed by atoms with Crippen molar-refractivity contribution in [3.05, 3.63) is 22.5 Å². The fourth-order valence-corrected chi connectivity index (χ4v) is 1.22. The number of anilines is 2. The van der Waals surface area contributed by atoms with Crippen molar-refractivity contribution in [2.75, 3.05) is 11.1 Å². The zero-order valence-electron chi connectivity index (χ0n) is 10.4. The van der Waals surface area contributed by atoms with Crippen LogP contribution in [0.25, 0.3) is 0 Å². The second-order valence-electron chi connectivity index (χ2n) is 3.96. The fourth-order valence-electron chi connectivity index (χ4n) is 1.22. The molecule has 0 saturated carbocycles. The summed E-state index contributed by atoms with van der Waals surface area (Å²) in [5.41, 5.74) is 5.22. The molecule has 0 fully saturated rings. The van der Waals surface area contributed by atoms with Crippen LogP contribution in [0.5, 0.6) is 11.9 Å². The third kappa shape index (κ3) is 3.63. The lowest BCUT2D eigenvalue weighted by Crippen LogP contribution is -2.14. The van der Waals surface area contributed by atoms with Gasteiger partial charge >= 0.3 is 6.01 Å². The smallest absolute Gasteiger partial charge is 0.330 e. The average Bonchev–Trinajstić information content (AvgIpc) is 2.30. The third-order valence-corrected chi connectivity index (χ3v) is 1.90. The number of H-pyrrole nitrogens is 1. The zero-order valence-corrected chi connectivity index (χ0v) is 10.4. The summed E-state index contributed by atoms with van der Waals surface area (Å²) in [6, 6.07) is 2.81. The molecule has 0 saturated heterocycles. The molecule has 100 valence electrons. The van der Waals surface area contributed by atoms with Crippen molar-refractivity contribution in [2.45, 2.75) is 19.9 Å². The molecule has 2 rings (SSSR count). The molecule has 19 heavy (non-hydrogen) atoms. The first-order valence-electron chi connectivity index (χ1n) is 5.54. The summed E-state index contributed by atoms with van der Waals surface area (Å²) < 4.78 is 5.27. The SMILES string of the molecule is CC(C)Nc1nc(N)nc(Oc2ccc(=O)[nH]n2)n1. The third-order valence-electron chi connectivity index (χ3n) is 1.90. The van der Waals surface area contributed by atoms with Gasteiger partial charge in [-0.3, -0.25) is 4.79 Å². The first-order valence-corrected chi connectivity index (χ1v) is 5.54. The van der Waals surface area contributed by atoms with E-state index in [0.29, 0.717) is 5.95 Å². The van der Waals surface area contributed by atoms with Gasteiger partial charge in [-0.25, -0.2) is 5.10 Å². The van der Waals surface area contributed by atoms with Crippen LogP contribution in [-0.2, 0) is 0 Å². The van der Waals surface area contributed by atoms with Gasteiger partial charge in [-0.05, 0) is 13.8 Å². The minimum Gasteiger partial charge on any atom is -0.403 e. The van der Waals surface area contributed by atoms with E-state index >= 15 is 0 Å². The molecule has 0 aromatic carbocycles. The van der Waals surface area contributed by atoms with Crippen LogP contribution in [0.3, 0.4) is 0 Å². The lowest BCUT2D eigenvalue weighted by Gasteiger charge is -2.09. The van der Waals surface area contributed by atoms with E-state index in [1.165, 1.54) is 12.1 Å². The quantitative estimate of drug-likeness (QED) is 0.710. The van der Waals surface area contributed by atoms with Crippen molar-refractivity contribution in [1.82, 2.24) is 25.1 Å². The van der Waals surface area contributed by atoms with Crippen LogP contribution in [0.15, 0.2) is 16.9 Å². The van der Waals surface area contributed by atoms with Gasteiger partial charge in [-0.1, -0.05) is 0 Å². The highest BCUT2D eigenvalue weighted by molar-refractivity contribution is 5.33. The van der Waals surface area contributed by atoms with Gasteiger partial charge in [0.05, 0.1) is 0 Å². The standard InChI is InChI=1S/C10H13N7O2/c1-5(2)12-9-13-8(11)14-10(15-9)19-7-4-3-6(18)16-17-7/h3-5H,1-2H3,(H,16,18)(H3,11,12,13,14,15). The van der Waals surface area contributed by atoms with Crippen molar-refractivity contribution in [2.24, 2.45) is 0 Å². The molecule has 0 radical (unpaired) electrons. The number of hydrogen-bond acceptors (Lipinski definition) is 8. The van der Waals surface area contributed by atoms with Crippen molar-refractivity contribution in [3.63, 3.8) is 0 Å². The van der Waals surface area contributed by atoms with Crippen LogP contribution in [-0.4, -0.2) is 31.2 Å². The Balaban J connectivity index is 2.22. The molecule has 9 nitrogen and oxygen atoms in total. The molecule has 0 amide bonds. The highest BCUT2D eigenvalue weighted by Crippen LogP contribution is 2.15. The summed E-state index contributed by atoms with van der Waals surface area (Å²) in [5.74, 6) is 0.486. The van der Waals surface area contributed by atoms with Crippen molar-refractivity contribution in [3.8, 4) is 11.9 Å². The van der Waals surface area contributed by atoms with Gasteiger partial charge in [0.25, 0.3) is 5.56 Å². The molecule has 2 aromatic rings. The summed E-state index contributed by atoms with van der Waals surface area (Å²) in [6.07, 6.45) is 0. The predicted octanol–water partition coefficient (Wildman–Crippen LogP) is 0.150. The Morgan fingerprint density at radius 1 is 1.32 bits per heavy atom. The Morgan fingerprint density at radius 3 is 2.74 bits per heavy atom. The van der Waals surface area contributed by atoms with E-state index in [4.69, 9.17) is 10.5 Å². The Kier molecular flexibility index (Phi) is 3.55. The van der Waals surface area contributed by atoms with Crippen LogP contribution >= 0.6 is 0 Å².